The first-order valence-corrected chi connectivity index (χ1v) is 24.3. The molecule has 3 saturated heterocycles. The van der Waals surface area contributed by atoms with Gasteiger partial charge in [0, 0.05) is 0 Å². The van der Waals surface area contributed by atoms with E-state index in [1.54, 1.807) is 0 Å². The molecule has 67 heavy (non-hydrogen) atoms. The van der Waals surface area contributed by atoms with Gasteiger partial charge >= 0.3 is 21.1 Å². The quantitative estimate of drug-likeness (QED) is 0.0903. The molecule has 0 spiro atoms. The Kier molecular flexibility index (Phi) is 17.2. The van der Waals surface area contributed by atoms with E-state index >= 15 is 0 Å². The Balaban J connectivity index is 0.00000741. The van der Waals surface area contributed by atoms with Crippen molar-refractivity contribution >= 4 is 0 Å². The predicted molar refractivity (Wildman–Crippen MR) is 234 cm³/mol. The van der Waals surface area contributed by atoms with Crippen LogP contribution in [0, 0.1) is 45.3 Å². The van der Waals surface area contributed by atoms with Crippen molar-refractivity contribution in [2.75, 3.05) is 13.2 Å². The summed E-state index contributed by atoms with van der Waals surface area (Å²) in [6, 6.07) is 0. The first-order valence-electron chi connectivity index (χ1n) is 24.3. The summed E-state index contributed by atoms with van der Waals surface area (Å²) in [5, 5.41) is 132. The molecule has 2 unspecified atom stereocenters. The summed E-state index contributed by atoms with van der Waals surface area (Å²) in [5.74, 6) is -1.12. The normalized spacial score (nSPS) is 52.7. The molecule has 4 aliphatic carbocycles. The number of fused-ring (bicyclic) bond motifs is 5. The average molecular weight is 1140 g/mol. The number of allylic oxidation sites excluding steroid dienone is 2. The van der Waals surface area contributed by atoms with Crippen LogP contribution >= 0.6 is 0 Å². The molecule has 3 heterocycles. The topological polar surface area (TPSA) is 298 Å². The standard InChI is InChI=1S/C48H82O18.Pt/c1-21(2)11-10-14-48(9,66-42-38(60)35(57)32(54)26(19-49)63-42)23-12-16-46(7)30(23)24(51)17-28-45(6)15-13-29(52)44(4,5)40(45)25(18-47(28,46)8)62-43-39(36(58)33(55)27(20-50)64-43)65-41-37(59)34(56)31(53)22(3)61-41;/h11,22-43,49-60H,10,12-20H2,1-9H3;/q;+4/t22-,23-,24+,25-,26+,27+,28?,29-,30?,31-,32+,33+,34+,35-,36-,37+,38+,39+,40-,41+,42-,43+,45+,46+,47+,48-;/m0./s1. The Bertz CT molecular complexity index is 1700. The molecular formula is C48H82O18Pt+4. The number of aliphatic hydroxyl groups excluding tert-OH is 12. The zero-order valence-electron chi connectivity index (χ0n) is 40.5. The predicted octanol–water partition coefficient (Wildman–Crippen LogP) is -0.0309. The monoisotopic (exact) mass is 1140 g/mol. The molecule has 0 amide bonds. The van der Waals surface area contributed by atoms with Crippen molar-refractivity contribution in [3.8, 4) is 0 Å². The van der Waals surface area contributed by atoms with Crippen molar-refractivity contribution in [2.24, 2.45) is 45.3 Å². The Labute approximate surface area is 409 Å². The molecule has 3 aliphatic heterocycles. The molecule has 12 N–H and O–H groups in total. The molecule has 4 saturated carbocycles. The van der Waals surface area contributed by atoms with Gasteiger partial charge < -0.3 is 89.7 Å². The van der Waals surface area contributed by atoms with Crippen molar-refractivity contribution in [3.63, 3.8) is 0 Å². The van der Waals surface area contributed by atoms with E-state index in [0.717, 1.165) is 5.57 Å². The Hall–Kier alpha value is -0.292. The van der Waals surface area contributed by atoms with Gasteiger partial charge in [-0.1, -0.05) is 46.3 Å². The molecule has 0 bridgehead atoms. The second-order valence-corrected chi connectivity index (χ2v) is 23.0. The summed E-state index contributed by atoms with van der Waals surface area (Å²) >= 11 is 0. The van der Waals surface area contributed by atoms with Gasteiger partial charge in [0.25, 0.3) is 0 Å². The number of rotatable bonds is 12. The van der Waals surface area contributed by atoms with Crippen LogP contribution in [0.3, 0.4) is 0 Å². The summed E-state index contributed by atoms with van der Waals surface area (Å²) in [6.07, 6.45) is -18.3. The fraction of sp³-hybridized carbons (Fsp3) is 0.958. The third-order valence-electron chi connectivity index (χ3n) is 18.7. The van der Waals surface area contributed by atoms with Crippen molar-refractivity contribution < 1.29 is 111 Å². The van der Waals surface area contributed by atoms with Crippen molar-refractivity contribution in [2.45, 2.75) is 230 Å². The smallest absolute Gasteiger partial charge is 0.394 e. The van der Waals surface area contributed by atoms with E-state index in [-0.39, 0.29) is 44.7 Å². The third kappa shape index (κ3) is 9.48. The maximum Gasteiger partial charge on any atom is 4.00 e. The molecule has 7 rings (SSSR count). The van der Waals surface area contributed by atoms with Crippen molar-refractivity contribution in [1.29, 1.82) is 0 Å². The van der Waals surface area contributed by atoms with Gasteiger partial charge in [-0.2, -0.15) is 0 Å². The second-order valence-electron chi connectivity index (χ2n) is 23.0. The van der Waals surface area contributed by atoms with E-state index in [4.69, 9.17) is 28.4 Å². The van der Waals surface area contributed by atoms with Crippen LogP contribution in [0.2, 0.25) is 0 Å². The fourth-order valence-corrected chi connectivity index (χ4v) is 14.9. The van der Waals surface area contributed by atoms with Crippen LogP contribution in [-0.4, -0.2) is 191 Å². The minimum Gasteiger partial charge on any atom is -0.394 e. The fourth-order valence-electron chi connectivity index (χ4n) is 14.9. The number of hydrogen-bond donors (Lipinski definition) is 12. The maximum absolute atomic E-state index is 12.7. The van der Waals surface area contributed by atoms with Crippen LogP contribution in [0.5, 0.6) is 0 Å². The van der Waals surface area contributed by atoms with Gasteiger partial charge in [-0.05, 0) is 124 Å². The molecule has 0 aromatic rings. The summed E-state index contributed by atoms with van der Waals surface area (Å²) in [5.41, 5.74) is -2.43. The molecular weight excluding hydrogens is 1060 g/mol. The molecule has 0 aromatic carbocycles. The van der Waals surface area contributed by atoms with E-state index in [9.17, 15) is 61.3 Å². The zero-order chi connectivity index (χ0) is 48.8. The molecule has 388 valence electrons. The maximum atomic E-state index is 12.7. The zero-order valence-corrected chi connectivity index (χ0v) is 42.8. The van der Waals surface area contributed by atoms with E-state index in [2.05, 4.69) is 26.8 Å². The second kappa shape index (κ2) is 20.5. The van der Waals surface area contributed by atoms with Crippen LogP contribution in [0.15, 0.2) is 11.6 Å². The van der Waals surface area contributed by atoms with Gasteiger partial charge in [0.1, 0.15) is 67.1 Å². The Morgan fingerprint density at radius 2 is 1.27 bits per heavy atom. The molecule has 0 aromatic heterocycles. The van der Waals surface area contributed by atoms with Crippen LogP contribution in [-0.2, 0) is 49.5 Å². The van der Waals surface area contributed by atoms with Gasteiger partial charge in [-0.3, -0.25) is 0 Å². The minimum atomic E-state index is -1.75. The van der Waals surface area contributed by atoms with E-state index in [1.807, 2.05) is 34.6 Å². The average Bonchev–Trinajstić information content (AvgIpc) is 3.64. The largest absolute Gasteiger partial charge is 4.00 e. The molecule has 18 nitrogen and oxygen atoms in total. The number of ether oxygens (including phenoxy) is 6. The molecule has 7 fully saturated rings. The first-order chi connectivity index (χ1) is 30.7. The van der Waals surface area contributed by atoms with Gasteiger partial charge in [-0.25, -0.2) is 0 Å². The van der Waals surface area contributed by atoms with Crippen molar-refractivity contribution in [1.82, 2.24) is 0 Å². The molecule has 26 atom stereocenters. The molecule has 19 heteroatoms. The number of hydrogen-bond acceptors (Lipinski definition) is 18. The number of aliphatic hydroxyl groups is 12. The van der Waals surface area contributed by atoms with Crippen LogP contribution in [0.1, 0.15) is 114 Å². The SMILES string of the molecule is CC(C)=CCC[C@](C)(O[C@@H]1O[C@H](CO)[C@@H](O)[C@H](O)[C@H]1O)[C@H]1CC[C@]2(C)C1[C@H](O)CC1[C@@]3(C)CC[C@H](O)C(C)(C)[C@@H]3[C@@H](O[C@@H]3O[C@H](CO)[C@@H](O)[C@H](O)[C@H]3O[C@H]3O[C@@H](C)[C@H](O)[C@@H](O)[C@H]3O)C[C@]12C.[Pt+4]. The van der Waals surface area contributed by atoms with Gasteiger partial charge in [0.2, 0.25) is 0 Å². The summed E-state index contributed by atoms with van der Waals surface area (Å²) < 4.78 is 38.1. The minimum absolute atomic E-state index is 0. The van der Waals surface area contributed by atoms with Gasteiger partial charge in [0.15, 0.2) is 18.9 Å². The van der Waals surface area contributed by atoms with E-state index < -0.39 is 151 Å². The molecule has 0 radical (unpaired) electrons. The van der Waals surface area contributed by atoms with E-state index in [1.165, 1.54) is 6.92 Å². The Morgan fingerprint density at radius 3 is 1.88 bits per heavy atom. The van der Waals surface area contributed by atoms with Crippen LogP contribution in [0.25, 0.3) is 0 Å². The summed E-state index contributed by atoms with van der Waals surface area (Å²) in [4.78, 5) is 0. The summed E-state index contributed by atoms with van der Waals surface area (Å²) in [6.45, 7) is 16.8. The Morgan fingerprint density at radius 1 is 0.687 bits per heavy atom. The third-order valence-corrected chi connectivity index (χ3v) is 18.7. The van der Waals surface area contributed by atoms with Crippen LogP contribution < -0.4 is 0 Å². The molecule has 7 aliphatic rings. The summed E-state index contributed by atoms with van der Waals surface area (Å²) in [7, 11) is 0. The van der Waals surface area contributed by atoms with Crippen LogP contribution in [0.4, 0.5) is 0 Å². The van der Waals surface area contributed by atoms with Gasteiger partial charge in [-0.15, -0.1) is 0 Å². The van der Waals surface area contributed by atoms with Gasteiger partial charge in [0.05, 0.1) is 43.2 Å². The van der Waals surface area contributed by atoms with Crippen molar-refractivity contribution in [3.05, 3.63) is 11.6 Å². The van der Waals surface area contributed by atoms with E-state index in [0.29, 0.717) is 51.4 Å². The first kappa shape index (κ1) is 56.0.